The Labute approximate surface area is 251 Å². The minimum Gasteiger partial charge on any atom is -0.504 e. The molecular formula is C32H44N2O7S. The predicted octanol–water partition coefficient (Wildman–Crippen LogP) is 4.70. The van der Waals surface area contributed by atoms with Crippen LogP contribution in [0.15, 0.2) is 35.7 Å². The van der Waals surface area contributed by atoms with Gasteiger partial charge >= 0.3 is 5.97 Å². The molecule has 2 fully saturated rings. The number of aliphatic hydroxyl groups is 1. The van der Waals surface area contributed by atoms with Crippen molar-refractivity contribution in [2.45, 2.75) is 97.4 Å². The molecule has 0 radical (unpaired) electrons. The number of aliphatic hydroxyl groups excluding tert-OH is 1. The summed E-state index contributed by atoms with van der Waals surface area (Å²) in [6.07, 6.45) is 2.21. The third-order valence-corrected chi connectivity index (χ3v) is 10.7. The first-order chi connectivity index (χ1) is 19.7. The summed E-state index contributed by atoms with van der Waals surface area (Å²) in [7, 11) is 0. The molecule has 1 aliphatic heterocycles. The molecule has 1 aromatic heterocycles. The quantitative estimate of drug-likeness (QED) is 0.229. The number of nitrogens with one attached hydrogen (secondary N) is 1. The topological polar surface area (TPSA) is 136 Å². The van der Waals surface area contributed by atoms with E-state index in [9.17, 15) is 29.7 Å². The predicted molar refractivity (Wildman–Crippen MR) is 160 cm³/mol. The van der Waals surface area contributed by atoms with E-state index in [2.05, 4.69) is 33.0 Å². The Kier molecular flexibility index (Phi) is 9.57. The van der Waals surface area contributed by atoms with Gasteiger partial charge in [-0.1, -0.05) is 39.8 Å². The zero-order valence-electron chi connectivity index (χ0n) is 25.1. The largest absolute Gasteiger partial charge is 0.504 e. The fraction of sp³-hybridized carbons (Fsp3) is 0.594. The van der Waals surface area contributed by atoms with Gasteiger partial charge in [-0.2, -0.15) is 0 Å². The van der Waals surface area contributed by atoms with E-state index >= 15 is 0 Å². The van der Waals surface area contributed by atoms with Crippen LogP contribution in [0.2, 0.25) is 0 Å². The highest BCUT2D eigenvalue weighted by atomic mass is 32.1. The van der Waals surface area contributed by atoms with E-state index in [1.807, 2.05) is 6.92 Å². The van der Waals surface area contributed by atoms with Gasteiger partial charge in [-0.05, 0) is 84.9 Å². The molecule has 5 atom stereocenters. The zero-order chi connectivity index (χ0) is 30.8. The number of likely N-dealkylation sites (tertiary alicyclic amines) is 1. The summed E-state index contributed by atoms with van der Waals surface area (Å²) in [5.41, 5.74) is 0.784. The molecule has 10 heteroatoms. The smallest absolute Gasteiger partial charge is 0.329 e. The van der Waals surface area contributed by atoms with Gasteiger partial charge in [-0.3, -0.25) is 9.59 Å². The number of thiophene rings is 1. The van der Waals surface area contributed by atoms with E-state index in [1.165, 1.54) is 34.4 Å². The van der Waals surface area contributed by atoms with Crippen LogP contribution in [0, 0.1) is 16.7 Å². The maximum absolute atomic E-state index is 13.8. The van der Waals surface area contributed by atoms with Crippen molar-refractivity contribution in [2.75, 3.05) is 6.54 Å². The highest BCUT2D eigenvalue weighted by Crippen LogP contribution is 2.57. The van der Waals surface area contributed by atoms with Crippen LogP contribution in [-0.2, 0) is 25.5 Å². The standard InChI is InChI=1S/C32H44N2O7S/c1-19(16-21-12-13-31(2,3)32(21,4)5)41-30(40)22-8-6-14-34(22)29(39)27(26-9-7-15-42-26)33-28(38)25(37)18-20-10-11-23(35)24(36)17-20/h7,9-11,15,17,19,21-22,25,27,35-37H,6,8,12-14,16,18H2,1-5H3,(H,33,38). The van der Waals surface area contributed by atoms with E-state index in [0.29, 0.717) is 35.7 Å². The lowest BCUT2D eigenvalue weighted by Crippen LogP contribution is -2.49. The Morgan fingerprint density at radius 3 is 2.48 bits per heavy atom. The van der Waals surface area contributed by atoms with Crippen molar-refractivity contribution in [3.05, 3.63) is 46.2 Å². The van der Waals surface area contributed by atoms with Gasteiger partial charge in [-0.25, -0.2) is 4.79 Å². The molecule has 5 unspecified atom stereocenters. The van der Waals surface area contributed by atoms with Gasteiger partial charge in [0, 0.05) is 17.8 Å². The first kappa shape index (κ1) is 31.8. The molecule has 1 saturated carbocycles. The second-order valence-corrected chi connectivity index (χ2v) is 14.0. The molecule has 9 nitrogen and oxygen atoms in total. The Morgan fingerprint density at radius 1 is 1.12 bits per heavy atom. The van der Waals surface area contributed by atoms with Crippen molar-refractivity contribution >= 4 is 29.1 Å². The van der Waals surface area contributed by atoms with Crippen LogP contribution in [0.3, 0.4) is 0 Å². The minimum absolute atomic E-state index is 0.127. The summed E-state index contributed by atoms with van der Waals surface area (Å²) in [4.78, 5) is 42.3. The summed E-state index contributed by atoms with van der Waals surface area (Å²) in [5.74, 6) is -1.84. The summed E-state index contributed by atoms with van der Waals surface area (Å²) in [6, 6.07) is 5.72. The molecule has 4 rings (SSSR count). The Morgan fingerprint density at radius 2 is 1.86 bits per heavy atom. The molecule has 2 amide bonds. The summed E-state index contributed by atoms with van der Waals surface area (Å²) >= 11 is 1.30. The third kappa shape index (κ3) is 6.75. The van der Waals surface area contributed by atoms with Crippen molar-refractivity contribution in [2.24, 2.45) is 16.7 Å². The Bertz CT molecular complexity index is 1280. The average molecular weight is 601 g/mol. The lowest BCUT2D eigenvalue weighted by Gasteiger charge is -2.40. The van der Waals surface area contributed by atoms with E-state index in [-0.39, 0.29) is 34.9 Å². The number of nitrogens with zero attached hydrogens (tertiary/aromatic N) is 1. The first-order valence-electron chi connectivity index (χ1n) is 14.7. The summed E-state index contributed by atoms with van der Waals surface area (Å²) in [6.45, 7) is 11.5. The monoisotopic (exact) mass is 600 g/mol. The van der Waals surface area contributed by atoms with Crippen LogP contribution in [0.1, 0.15) is 83.2 Å². The fourth-order valence-electron chi connectivity index (χ4n) is 6.31. The van der Waals surface area contributed by atoms with Crippen molar-refractivity contribution < 1.29 is 34.4 Å². The van der Waals surface area contributed by atoms with Crippen LogP contribution in [0.4, 0.5) is 0 Å². The van der Waals surface area contributed by atoms with Crippen LogP contribution in [0.5, 0.6) is 11.5 Å². The van der Waals surface area contributed by atoms with Gasteiger partial charge < -0.3 is 30.3 Å². The molecule has 2 heterocycles. The number of ether oxygens (including phenoxy) is 1. The number of carbonyl (C=O) groups is 3. The number of hydrogen-bond donors (Lipinski definition) is 4. The number of phenolic OH excluding ortho intramolecular Hbond substituents is 2. The van der Waals surface area contributed by atoms with Gasteiger partial charge in [-0.15, -0.1) is 11.3 Å². The van der Waals surface area contributed by atoms with Crippen molar-refractivity contribution in [1.82, 2.24) is 10.2 Å². The van der Waals surface area contributed by atoms with Crippen LogP contribution < -0.4 is 5.32 Å². The second-order valence-electron chi connectivity index (χ2n) is 13.0. The average Bonchev–Trinajstić information content (AvgIpc) is 3.67. The van der Waals surface area contributed by atoms with Crippen LogP contribution >= 0.6 is 11.3 Å². The second kappa shape index (κ2) is 12.6. The maximum atomic E-state index is 13.8. The molecule has 0 bridgehead atoms. The minimum atomic E-state index is -1.51. The van der Waals surface area contributed by atoms with E-state index in [1.54, 1.807) is 17.5 Å². The van der Waals surface area contributed by atoms with E-state index in [0.717, 1.165) is 19.3 Å². The molecule has 2 aliphatic rings. The first-order valence-corrected chi connectivity index (χ1v) is 15.6. The highest BCUT2D eigenvalue weighted by Gasteiger charge is 2.49. The maximum Gasteiger partial charge on any atom is 0.329 e. The summed E-state index contributed by atoms with van der Waals surface area (Å²) in [5, 5.41) is 34.3. The molecule has 230 valence electrons. The van der Waals surface area contributed by atoms with Gasteiger partial charge in [0.1, 0.15) is 18.2 Å². The Hall–Kier alpha value is -3.11. The van der Waals surface area contributed by atoms with Gasteiger partial charge in [0.25, 0.3) is 5.91 Å². The molecule has 4 N–H and O–H groups in total. The SMILES string of the molecule is CC(CC1CCC(C)(C)C1(C)C)OC(=O)C1CCCN1C(=O)C(NC(=O)C(O)Cc1ccc(O)c(O)c1)c1cccs1. The lowest BCUT2D eigenvalue weighted by molar-refractivity contribution is -0.159. The normalized spacial score (nSPS) is 23.2. The van der Waals surface area contributed by atoms with E-state index < -0.39 is 36.0 Å². The molecule has 1 aromatic carbocycles. The molecule has 0 spiro atoms. The molecule has 42 heavy (non-hydrogen) atoms. The fourth-order valence-corrected chi connectivity index (χ4v) is 7.08. The Balaban J connectivity index is 1.41. The van der Waals surface area contributed by atoms with Crippen molar-refractivity contribution in [3.8, 4) is 11.5 Å². The highest BCUT2D eigenvalue weighted by molar-refractivity contribution is 7.10. The van der Waals surface area contributed by atoms with Crippen molar-refractivity contribution in [1.29, 1.82) is 0 Å². The van der Waals surface area contributed by atoms with Crippen LogP contribution in [0.25, 0.3) is 0 Å². The number of amides is 2. The van der Waals surface area contributed by atoms with Crippen molar-refractivity contribution in [3.63, 3.8) is 0 Å². The van der Waals surface area contributed by atoms with Crippen LogP contribution in [-0.4, -0.2) is 62.8 Å². The molecule has 1 saturated heterocycles. The zero-order valence-corrected chi connectivity index (χ0v) is 25.9. The summed E-state index contributed by atoms with van der Waals surface area (Å²) < 4.78 is 5.92. The van der Waals surface area contributed by atoms with E-state index in [4.69, 9.17) is 4.74 Å². The number of hydrogen-bond acceptors (Lipinski definition) is 8. The number of benzene rings is 1. The number of esters is 1. The van der Waals surface area contributed by atoms with Gasteiger partial charge in [0.15, 0.2) is 11.5 Å². The van der Waals surface area contributed by atoms with Gasteiger partial charge in [0.2, 0.25) is 5.91 Å². The van der Waals surface area contributed by atoms with Gasteiger partial charge in [0.05, 0.1) is 6.10 Å². The number of aromatic hydroxyl groups is 2. The lowest BCUT2D eigenvalue weighted by atomic mass is 9.66. The molecule has 2 aromatic rings. The number of rotatable bonds is 10. The number of carbonyl (C=O) groups excluding carboxylic acids is 3. The third-order valence-electron chi connectivity index (χ3n) is 9.76. The molecule has 1 aliphatic carbocycles. The number of phenols is 2. The molecular weight excluding hydrogens is 556 g/mol.